The third-order valence-corrected chi connectivity index (χ3v) is 4.27. The molecule has 0 amide bonds. The molecular weight excluding hydrogens is 252 g/mol. The van der Waals surface area contributed by atoms with E-state index >= 15 is 0 Å². The lowest BCUT2D eigenvalue weighted by atomic mass is 10.2. The fraction of sp³-hybridized carbons (Fsp3) is 0.714. The molecule has 0 saturated carbocycles. The van der Waals surface area contributed by atoms with Gasteiger partial charge < -0.3 is 10.5 Å². The van der Waals surface area contributed by atoms with E-state index in [0.29, 0.717) is 6.61 Å². The van der Waals surface area contributed by atoms with E-state index < -0.39 is 10.0 Å². The van der Waals surface area contributed by atoms with E-state index in [9.17, 15) is 8.42 Å². The van der Waals surface area contributed by atoms with Crippen LogP contribution in [0.1, 0.15) is 6.92 Å². The zero-order valence-electron chi connectivity index (χ0n) is 9.00. The van der Waals surface area contributed by atoms with E-state index in [-0.39, 0.29) is 21.9 Å². The summed E-state index contributed by atoms with van der Waals surface area (Å²) < 4.78 is 30.5. The lowest BCUT2D eigenvalue weighted by Crippen LogP contribution is -2.30. The Kier molecular flexibility index (Phi) is 4.59. The molecule has 0 saturated heterocycles. The Morgan fingerprint density at radius 3 is 2.75 bits per heavy atom. The highest BCUT2D eigenvalue weighted by atomic mass is 32.2. The monoisotopic (exact) mass is 266 g/mol. The van der Waals surface area contributed by atoms with Gasteiger partial charge in [-0.25, -0.2) is 13.1 Å². The zero-order chi connectivity index (χ0) is 12.2. The first-order valence-electron chi connectivity index (χ1n) is 4.53. The largest absolute Gasteiger partial charge is 0.384 e. The van der Waals surface area contributed by atoms with Crippen molar-refractivity contribution in [1.82, 2.24) is 14.9 Å². The molecule has 1 atom stereocenters. The number of sulfonamides is 1. The number of nitrogen functional groups attached to an aromatic ring is 1. The quantitative estimate of drug-likeness (QED) is 0.730. The Hall–Kier alpha value is -0.770. The molecule has 0 aliphatic rings. The summed E-state index contributed by atoms with van der Waals surface area (Å²) in [6, 6.07) is 0. The Morgan fingerprint density at radius 1 is 1.56 bits per heavy atom. The SMILES string of the molecule is COCC(C)CNS(=O)(=O)c1nnc(N)s1. The first kappa shape index (κ1) is 13.3. The fourth-order valence-electron chi connectivity index (χ4n) is 0.986. The lowest BCUT2D eigenvalue weighted by Gasteiger charge is -2.10. The number of anilines is 1. The van der Waals surface area contributed by atoms with Crippen LogP contribution in [-0.4, -0.2) is 38.9 Å². The van der Waals surface area contributed by atoms with Crippen molar-refractivity contribution < 1.29 is 13.2 Å². The Labute approximate surface area is 98.1 Å². The number of nitrogens with one attached hydrogen (secondary N) is 1. The molecule has 0 radical (unpaired) electrons. The van der Waals surface area contributed by atoms with Crippen LogP contribution in [0.15, 0.2) is 4.34 Å². The van der Waals surface area contributed by atoms with Crippen molar-refractivity contribution in [1.29, 1.82) is 0 Å². The zero-order valence-corrected chi connectivity index (χ0v) is 10.6. The average Bonchev–Trinajstić information content (AvgIpc) is 2.63. The van der Waals surface area contributed by atoms with Gasteiger partial charge in [0.05, 0.1) is 0 Å². The van der Waals surface area contributed by atoms with E-state index in [2.05, 4.69) is 14.9 Å². The summed E-state index contributed by atoms with van der Waals surface area (Å²) in [4.78, 5) is 0. The maximum atomic E-state index is 11.7. The van der Waals surface area contributed by atoms with Crippen LogP contribution in [0.2, 0.25) is 0 Å². The van der Waals surface area contributed by atoms with Crippen LogP contribution in [0.5, 0.6) is 0 Å². The molecule has 16 heavy (non-hydrogen) atoms. The van der Waals surface area contributed by atoms with Crippen LogP contribution in [0.25, 0.3) is 0 Å². The molecule has 0 spiro atoms. The number of hydrogen-bond acceptors (Lipinski definition) is 7. The van der Waals surface area contributed by atoms with Gasteiger partial charge in [0, 0.05) is 20.3 Å². The number of aromatic nitrogens is 2. The van der Waals surface area contributed by atoms with Crippen molar-refractivity contribution in [2.75, 3.05) is 26.0 Å². The molecule has 9 heteroatoms. The minimum atomic E-state index is -3.59. The Balaban J connectivity index is 2.59. The number of nitrogens with zero attached hydrogens (tertiary/aromatic N) is 2. The maximum Gasteiger partial charge on any atom is 0.269 e. The van der Waals surface area contributed by atoms with Crippen LogP contribution < -0.4 is 10.5 Å². The highest BCUT2D eigenvalue weighted by molar-refractivity contribution is 7.91. The summed E-state index contributed by atoms with van der Waals surface area (Å²) in [5.74, 6) is 0.0880. The van der Waals surface area contributed by atoms with Crippen LogP contribution >= 0.6 is 11.3 Å². The number of methoxy groups -OCH3 is 1. The second-order valence-corrected chi connectivity index (χ2v) is 6.27. The summed E-state index contributed by atoms with van der Waals surface area (Å²) in [5.41, 5.74) is 5.31. The number of rotatable bonds is 6. The fourth-order valence-corrected chi connectivity index (χ4v) is 2.98. The molecule has 7 nitrogen and oxygen atoms in total. The van der Waals surface area contributed by atoms with Crippen LogP contribution in [0.3, 0.4) is 0 Å². The average molecular weight is 266 g/mol. The van der Waals surface area contributed by atoms with Gasteiger partial charge in [-0.15, -0.1) is 10.2 Å². The highest BCUT2D eigenvalue weighted by Crippen LogP contribution is 2.16. The molecule has 1 aromatic heterocycles. The maximum absolute atomic E-state index is 11.7. The van der Waals surface area contributed by atoms with E-state index in [1.54, 1.807) is 7.11 Å². The molecule has 0 fully saturated rings. The van der Waals surface area contributed by atoms with Crippen LogP contribution in [0.4, 0.5) is 5.13 Å². The molecule has 3 N–H and O–H groups in total. The van der Waals surface area contributed by atoms with Crippen molar-refractivity contribution in [2.45, 2.75) is 11.3 Å². The van der Waals surface area contributed by atoms with Crippen LogP contribution in [0, 0.1) is 5.92 Å². The second kappa shape index (κ2) is 5.53. The van der Waals surface area contributed by atoms with E-state index in [1.165, 1.54) is 0 Å². The van der Waals surface area contributed by atoms with Crippen molar-refractivity contribution >= 4 is 26.5 Å². The van der Waals surface area contributed by atoms with E-state index in [1.807, 2.05) is 6.92 Å². The van der Waals surface area contributed by atoms with Gasteiger partial charge in [-0.05, 0) is 5.92 Å². The second-order valence-electron chi connectivity index (χ2n) is 3.32. The number of ether oxygens (including phenoxy) is 1. The summed E-state index contributed by atoms with van der Waals surface area (Å²) in [6.45, 7) is 2.65. The first-order valence-corrected chi connectivity index (χ1v) is 6.83. The molecule has 1 aromatic rings. The van der Waals surface area contributed by atoms with Gasteiger partial charge in [0.1, 0.15) is 0 Å². The highest BCUT2D eigenvalue weighted by Gasteiger charge is 2.19. The van der Waals surface area contributed by atoms with Crippen molar-refractivity contribution in [3.63, 3.8) is 0 Å². The summed E-state index contributed by atoms with van der Waals surface area (Å²) in [6.07, 6.45) is 0. The van der Waals surface area contributed by atoms with Gasteiger partial charge in [-0.2, -0.15) is 0 Å². The van der Waals surface area contributed by atoms with E-state index in [0.717, 1.165) is 11.3 Å². The van der Waals surface area contributed by atoms with E-state index in [4.69, 9.17) is 10.5 Å². The Morgan fingerprint density at radius 2 is 2.25 bits per heavy atom. The predicted molar refractivity (Wildman–Crippen MR) is 60.5 cm³/mol. The first-order chi connectivity index (χ1) is 7.45. The Bertz CT molecular complexity index is 431. The normalized spacial score (nSPS) is 13.9. The third kappa shape index (κ3) is 3.67. The topological polar surface area (TPSA) is 107 Å². The third-order valence-electron chi connectivity index (χ3n) is 1.72. The molecule has 0 aromatic carbocycles. The molecule has 0 aliphatic carbocycles. The smallest absolute Gasteiger partial charge is 0.269 e. The van der Waals surface area contributed by atoms with Crippen molar-refractivity contribution in [2.24, 2.45) is 5.92 Å². The standard InChI is InChI=1S/C7H14N4O3S2/c1-5(4-14-2)3-9-16(12,13)7-11-10-6(8)15-7/h5,9H,3-4H2,1-2H3,(H2,8,10). The minimum absolute atomic E-state index is 0.0880. The summed E-state index contributed by atoms with van der Waals surface area (Å²) >= 11 is 0.834. The molecule has 0 bridgehead atoms. The molecule has 1 heterocycles. The predicted octanol–water partition coefficient (Wildman–Crippen LogP) is -0.319. The molecule has 1 unspecified atom stereocenters. The van der Waals surface area contributed by atoms with Crippen molar-refractivity contribution in [3.05, 3.63) is 0 Å². The van der Waals surface area contributed by atoms with Gasteiger partial charge >= 0.3 is 0 Å². The minimum Gasteiger partial charge on any atom is -0.384 e. The summed E-state index contributed by atoms with van der Waals surface area (Å²) in [5, 5.41) is 7.05. The van der Waals surface area contributed by atoms with Crippen molar-refractivity contribution in [3.8, 4) is 0 Å². The number of nitrogens with two attached hydrogens (primary N) is 1. The van der Waals surface area contributed by atoms with Gasteiger partial charge in [0.25, 0.3) is 10.0 Å². The van der Waals surface area contributed by atoms with Gasteiger partial charge in [0.2, 0.25) is 9.47 Å². The molecule has 92 valence electrons. The number of hydrogen-bond donors (Lipinski definition) is 2. The molecule has 0 aliphatic heterocycles. The van der Waals surface area contributed by atoms with Crippen LogP contribution in [-0.2, 0) is 14.8 Å². The summed E-state index contributed by atoms with van der Waals surface area (Å²) in [7, 11) is -2.03. The van der Waals surface area contributed by atoms with Gasteiger partial charge in [-0.3, -0.25) is 0 Å². The van der Waals surface area contributed by atoms with Gasteiger partial charge in [0.15, 0.2) is 0 Å². The lowest BCUT2D eigenvalue weighted by molar-refractivity contribution is 0.161. The molecular formula is C7H14N4O3S2. The molecule has 1 rings (SSSR count). The van der Waals surface area contributed by atoms with Gasteiger partial charge in [-0.1, -0.05) is 18.3 Å².